The number of aliphatic hydroxyl groups excluding tert-OH is 5. The number of esters is 1. The van der Waals surface area contributed by atoms with Crippen molar-refractivity contribution in [3.8, 4) is 0 Å². The van der Waals surface area contributed by atoms with Crippen LogP contribution in [0.4, 0.5) is 0 Å². The maximum absolute atomic E-state index is 13.5. The third kappa shape index (κ3) is 48.1. The number of hydrogen-bond acceptors (Lipinski definition) is 10. The Kier molecular flexibility index (Phi) is 58.1. The van der Waals surface area contributed by atoms with Crippen molar-refractivity contribution in [3.05, 3.63) is 12.2 Å². The number of unbranched alkanes of at least 4 members (excludes halogenated alkanes) is 50. The Morgan fingerprint density at radius 1 is 0.458 bits per heavy atom. The molecule has 8 atom stereocenters. The molecule has 1 amide bonds. The van der Waals surface area contributed by atoms with E-state index in [4.69, 9.17) is 14.2 Å². The summed E-state index contributed by atoms with van der Waals surface area (Å²) in [6.07, 6.45) is 61.1. The second-order valence-corrected chi connectivity index (χ2v) is 25.7. The van der Waals surface area contributed by atoms with Gasteiger partial charge in [0.2, 0.25) is 5.91 Å². The van der Waals surface area contributed by atoms with E-state index in [1.165, 1.54) is 270 Å². The second kappa shape index (κ2) is 60.7. The van der Waals surface area contributed by atoms with E-state index in [0.29, 0.717) is 19.3 Å². The summed E-state index contributed by atoms with van der Waals surface area (Å²) in [4.78, 5) is 26.7. The normalized spacial score (nSPS) is 18.5. The number of hydrogen-bond donors (Lipinski definition) is 6. The van der Waals surface area contributed by atoms with Gasteiger partial charge in [0.1, 0.15) is 24.4 Å². The van der Waals surface area contributed by atoms with E-state index in [0.717, 1.165) is 57.8 Å². The summed E-state index contributed by atoms with van der Waals surface area (Å²) < 4.78 is 17.7. The molecule has 1 heterocycles. The van der Waals surface area contributed by atoms with Gasteiger partial charge in [0.05, 0.1) is 25.4 Å². The first kappa shape index (κ1) is 79.4. The minimum atomic E-state index is -1.61. The Morgan fingerprint density at radius 2 is 0.783 bits per heavy atom. The lowest BCUT2D eigenvalue weighted by Crippen LogP contribution is -2.61. The van der Waals surface area contributed by atoms with Crippen molar-refractivity contribution in [1.29, 1.82) is 0 Å². The molecule has 1 aliphatic rings. The SMILES string of the molecule is CCCCCCCCCCCCC/C=C/C(O)C(COC1OC(CO)C(O)C(O)C1OC(=O)CCCCCCCCCCCCCCCCCCCCCCC)NC(=O)C(O)CCCCCCCCCCCCCCCCCCCCCC. The molecule has 1 saturated heterocycles. The number of ether oxygens (including phenoxy) is 3. The van der Waals surface area contributed by atoms with Crippen LogP contribution in [0.15, 0.2) is 12.2 Å². The molecule has 11 nitrogen and oxygen atoms in total. The maximum atomic E-state index is 13.5. The van der Waals surface area contributed by atoms with Crippen LogP contribution in [-0.4, -0.2) is 99.6 Å². The van der Waals surface area contributed by atoms with Crippen molar-refractivity contribution >= 4 is 11.9 Å². The predicted octanol–water partition coefficient (Wildman–Crippen LogP) is 18.6. The lowest BCUT2D eigenvalue weighted by molar-refractivity contribution is -0.305. The first-order chi connectivity index (χ1) is 40.7. The van der Waals surface area contributed by atoms with Crippen LogP contribution in [-0.2, 0) is 23.8 Å². The van der Waals surface area contributed by atoms with Gasteiger partial charge in [0.25, 0.3) is 0 Å². The highest BCUT2D eigenvalue weighted by Gasteiger charge is 2.47. The Morgan fingerprint density at radius 3 is 1.13 bits per heavy atom. The number of rotatable bonds is 64. The molecule has 83 heavy (non-hydrogen) atoms. The van der Waals surface area contributed by atoms with E-state index in [1.54, 1.807) is 6.08 Å². The minimum Gasteiger partial charge on any atom is -0.454 e. The standard InChI is InChI=1S/C72H139NO10/c1-4-7-10-13-16-19-22-25-27-29-31-33-35-37-39-42-45-48-51-54-57-60-67(77)83-70-69(79)68(78)66(61-74)82-72(70)81-62-63(64(75)58-55-52-49-46-43-40-24-21-18-15-12-9-6-3)73-71(80)65(76)59-56-53-50-47-44-41-38-36-34-32-30-28-26-23-20-17-14-11-8-5-2/h55,58,63-66,68-70,72,74-76,78-79H,4-54,56-57,59-62H2,1-3H3,(H,73,80)/b58-55+. The van der Waals surface area contributed by atoms with Gasteiger partial charge in [-0.05, 0) is 25.7 Å². The topological polar surface area (TPSA) is 175 Å². The summed E-state index contributed by atoms with van der Waals surface area (Å²) in [6, 6.07) is -1.02. The van der Waals surface area contributed by atoms with Gasteiger partial charge >= 0.3 is 5.97 Å². The number of aliphatic hydroxyl groups is 5. The summed E-state index contributed by atoms with van der Waals surface area (Å²) in [5.74, 6) is -1.17. The van der Waals surface area contributed by atoms with Crippen molar-refractivity contribution in [2.24, 2.45) is 0 Å². The molecule has 1 aliphatic heterocycles. The molecule has 0 spiro atoms. The molecule has 0 aromatic rings. The van der Waals surface area contributed by atoms with Crippen LogP contribution in [0.5, 0.6) is 0 Å². The Labute approximate surface area is 512 Å². The van der Waals surface area contributed by atoms with E-state index in [1.807, 2.05) is 6.08 Å². The predicted molar refractivity (Wildman–Crippen MR) is 348 cm³/mol. The zero-order valence-corrected chi connectivity index (χ0v) is 54.9. The van der Waals surface area contributed by atoms with Gasteiger partial charge < -0.3 is 45.1 Å². The summed E-state index contributed by atoms with van der Waals surface area (Å²) in [5, 5.41) is 57.3. The van der Waals surface area contributed by atoms with Gasteiger partial charge in [0.15, 0.2) is 12.4 Å². The molecule has 8 unspecified atom stereocenters. The highest BCUT2D eigenvalue weighted by Crippen LogP contribution is 2.27. The van der Waals surface area contributed by atoms with Gasteiger partial charge in [0, 0.05) is 6.42 Å². The molecule has 0 radical (unpaired) electrons. The average molecular weight is 1180 g/mol. The van der Waals surface area contributed by atoms with Crippen LogP contribution in [0.1, 0.15) is 374 Å². The molecule has 0 aromatic heterocycles. The number of carbonyl (C=O) groups is 2. The highest BCUT2D eigenvalue weighted by atomic mass is 16.7. The number of nitrogens with one attached hydrogen (secondary N) is 1. The zero-order chi connectivity index (χ0) is 60.3. The average Bonchev–Trinajstić information content (AvgIpc) is 3.67. The van der Waals surface area contributed by atoms with E-state index in [2.05, 4.69) is 26.1 Å². The monoisotopic (exact) mass is 1180 g/mol. The van der Waals surface area contributed by atoms with E-state index in [-0.39, 0.29) is 13.0 Å². The molecule has 492 valence electrons. The fourth-order valence-corrected chi connectivity index (χ4v) is 12.0. The Balaban J connectivity index is 2.57. The van der Waals surface area contributed by atoms with Gasteiger partial charge in [-0.2, -0.15) is 0 Å². The molecule has 0 aromatic carbocycles. The minimum absolute atomic E-state index is 0.132. The van der Waals surface area contributed by atoms with E-state index >= 15 is 0 Å². The molecule has 0 aliphatic carbocycles. The highest BCUT2D eigenvalue weighted by molar-refractivity contribution is 5.80. The van der Waals surface area contributed by atoms with Crippen molar-refractivity contribution in [3.63, 3.8) is 0 Å². The lowest BCUT2D eigenvalue weighted by atomic mass is 9.99. The molecule has 1 rings (SSSR count). The lowest BCUT2D eigenvalue weighted by Gasteiger charge is -2.41. The number of carbonyl (C=O) groups excluding carboxylic acids is 2. The first-order valence-electron chi connectivity index (χ1n) is 36.5. The van der Waals surface area contributed by atoms with Crippen molar-refractivity contribution < 1.29 is 49.3 Å². The van der Waals surface area contributed by atoms with Crippen LogP contribution in [0.25, 0.3) is 0 Å². The third-order valence-electron chi connectivity index (χ3n) is 17.7. The van der Waals surface area contributed by atoms with Crippen LogP contribution >= 0.6 is 0 Å². The number of amides is 1. The maximum Gasteiger partial charge on any atom is 0.306 e. The quantitative estimate of drug-likeness (QED) is 0.0195. The van der Waals surface area contributed by atoms with Crippen LogP contribution < -0.4 is 5.32 Å². The Bertz CT molecular complexity index is 1400. The van der Waals surface area contributed by atoms with Gasteiger partial charge in [-0.15, -0.1) is 0 Å². The van der Waals surface area contributed by atoms with Crippen molar-refractivity contribution in [2.45, 2.75) is 423 Å². The largest absolute Gasteiger partial charge is 0.454 e. The van der Waals surface area contributed by atoms with Gasteiger partial charge in [-0.3, -0.25) is 9.59 Å². The molecule has 0 saturated carbocycles. The molecule has 11 heteroatoms. The van der Waals surface area contributed by atoms with Crippen molar-refractivity contribution in [2.75, 3.05) is 13.2 Å². The molecule has 6 N–H and O–H groups in total. The Hall–Kier alpha value is -1.60. The smallest absolute Gasteiger partial charge is 0.306 e. The van der Waals surface area contributed by atoms with Gasteiger partial charge in [-0.1, -0.05) is 354 Å². The van der Waals surface area contributed by atoms with Gasteiger partial charge in [-0.25, -0.2) is 0 Å². The van der Waals surface area contributed by atoms with E-state index in [9.17, 15) is 35.1 Å². The summed E-state index contributed by atoms with van der Waals surface area (Å²) in [7, 11) is 0. The number of allylic oxidation sites excluding steroid dienone is 1. The fourth-order valence-electron chi connectivity index (χ4n) is 12.0. The molecular weight excluding hydrogens is 1040 g/mol. The fraction of sp³-hybridized carbons (Fsp3) is 0.944. The van der Waals surface area contributed by atoms with Crippen molar-refractivity contribution in [1.82, 2.24) is 5.32 Å². The van der Waals surface area contributed by atoms with Crippen LogP contribution in [0, 0.1) is 0 Å². The molecule has 0 bridgehead atoms. The third-order valence-corrected chi connectivity index (χ3v) is 17.7. The zero-order valence-electron chi connectivity index (χ0n) is 54.9. The summed E-state index contributed by atoms with van der Waals surface area (Å²) in [6.45, 7) is 5.87. The second-order valence-electron chi connectivity index (χ2n) is 25.7. The summed E-state index contributed by atoms with van der Waals surface area (Å²) >= 11 is 0. The van der Waals surface area contributed by atoms with E-state index < -0.39 is 67.4 Å². The molecular formula is C72H139NO10. The van der Waals surface area contributed by atoms with Crippen LogP contribution in [0.3, 0.4) is 0 Å². The first-order valence-corrected chi connectivity index (χ1v) is 36.5. The summed E-state index contributed by atoms with van der Waals surface area (Å²) in [5.41, 5.74) is 0. The van der Waals surface area contributed by atoms with Crippen LogP contribution in [0.2, 0.25) is 0 Å². The molecule has 1 fully saturated rings.